The molecule has 1 atom stereocenters. The average Bonchev–Trinajstić information content (AvgIpc) is 2.15. The van der Waals surface area contributed by atoms with E-state index in [0.717, 1.165) is 0 Å². The Morgan fingerprint density at radius 3 is 2.53 bits per heavy atom. The first kappa shape index (κ1) is 11.7. The lowest BCUT2D eigenvalue weighted by Crippen LogP contribution is -2.19. The summed E-state index contributed by atoms with van der Waals surface area (Å²) in [4.78, 5) is 10.6. The Morgan fingerprint density at radius 1 is 1.47 bits per heavy atom. The smallest absolute Gasteiger partial charge is 0.335 e. The van der Waals surface area contributed by atoms with E-state index in [4.69, 9.17) is 10.2 Å². The maximum atomic E-state index is 11.0. The van der Waals surface area contributed by atoms with Gasteiger partial charge in [-0.1, -0.05) is 12.1 Å². The molecule has 6 heteroatoms. The number of nitrogens with two attached hydrogens (primary N) is 1. The van der Waals surface area contributed by atoms with Crippen molar-refractivity contribution in [2.24, 2.45) is 5.14 Å². The molecule has 0 saturated heterocycles. The fraction of sp³-hybridized carbons (Fsp3) is 0.222. The van der Waals surface area contributed by atoms with Gasteiger partial charge in [0.25, 0.3) is 0 Å². The number of hydrogen-bond acceptors (Lipinski definition) is 3. The van der Waals surface area contributed by atoms with Gasteiger partial charge in [-0.05, 0) is 24.6 Å². The van der Waals surface area contributed by atoms with Crippen LogP contribution >= 0.6 is 0 Å². The highest BCUT2D eigenvalue weighted by atomic mass is 32.2. The van der Waals surface area contributed by atoms with E-state index in [9.17, 15) is 13.2 Å². The summed E-state index contributed by atoms with van der Waals surface area (Å²) in [6.07, 6.45) is 0. The van der Waals surface area contributed by atoms with Crippen LogP contribution in [-0.2, 0) is 10.0 Å². The van der Waals surface area contributed by atoms with Gasteiger partial charge in [0.2, 0.25) is 10.0 Å². The highest BCUT2D eigenvalue weighted by Gasteiger charge is 2.18. The van der Waals surface area contributed by atoms with Gasteiger partial charge in [0.05, 0.1) is 10.8 Å². The van der Waals surface area contributed by atoms with E-state index in [-0.39, 0.29) is 5.56 Å². The quantitative estimate of drug-likeness (QED) is 0.798. The Kier molecular flexibility index (Phi) is 3.11. The molecular formula is C9H11NO4S. The van der Waals surface area contributed by atoms with Gasteiger partial charge in [-0.15, -0.1) is 0 Å². The molecular weight excluding hydrogens is 218 g/mol. The number of primary sulfonamides is 1. The molecule has 0 aliphatic heterocycles. The highest BCUT2D eigenvalue weighted by molar-refractivity contribution is 7.89. The molecule has 0 bridgehead atoms. The predicted octanol–water partition coefficient (Wildman–Crippen LogP) is 0.734. The molecule has 3 N–H and O–H groups in total. The lowest BCUT2D eigenvalue weighted by Gasteiger charge is -2.09. The Labute approximate surface area is 87.6 Å². The number of carbonyl (C=O) groups is 1. The van der Waals surface area contributed by atoms with Crippen LogP contribution in [0.2, 0.25) is 0 Å². The second-order valence-electron chi connectivity index (χ2n) is 3.16. The third-order valence-corrected chi connectivity index (χ3v) is 3.35. The molecule has 0 aliphatic rings. The van der Waals surface area contributed by atoms with Crippen LogP contribution in [0.3, 0.4) is 0 Å². The van der Waals surface area contributed by atoms with E-state index < -0.39 is 21.2 Å². The minimum absolute atomic E-state index is 0.0444. The van der Waals surface area contributed by atoms with E-state index in [0.29, 0.717) is 5.56 Å². The summed E-state index contributed by atoms with van der Waals surface area (Å²) in [7, 11) is -3.69. The third-order valence-electron chi connectivity index (χ3n) is 2.10. The highest BCUT2D eigenvalue weighted by Crippen LogP contribution is 2.20. The van der Waals surface area contributed by atoms with Crippen LogP contribution in [0.5, 0.6) is 0 Å². The second kappa shape index (κ2) is 4.00. The van der Waals surface area contributed by atoms with E-state index in [2.05, 4.69) is 0 Å². The Bertz CT molecular complexity index is 481. The zero-order valence-electron chi connectivity index (χ0n) is 8.04. The number of rotatable bonds is 3. The topological polar surface area (TPSA) is 97.5 Å². The van der Waals surface area contributed by atoms with E-state index in [1.54, 1.807) is 0 Å². The van der Waals surface area contributed by atoms with E-state index in [1.165, 1.54) is 31.2 Å². The van der Waals surface area contributed by atoms with Crippen molar-refractivity contribution in [2.45, 2.75) is 12.2 Å². The van der Waals surface area contributed by atoms with Gasteiger partial charge in [-0.2, -0.15) is 0 Å². The molecule has 1 rings (SSSR count). The summed E-state index contributed by atoms with van der Waals surface area (Å²) in [5.41, 5.74) is 0.417. The minimum Gasteiger partial charge on any atom is -0.478 e. The molecule has 0 heterocycles. The molecule has 0 radical (unpaired) electrons. The molecule has 1 aromatic rings. The molecule has 1 unspecified atom stereocenters. The van der Waals surface area contributed by atoms with Crippen molar-refractivity contribution in [1.29, 1.82) is 0 Å². The zero-order chi connectivity index (χ0) is 11.6. The number of benzene rings is 1. The van der Waals surface area contributed by atoms with Crippen molar-refractivity contribution in [3.63, 3.8) is 0 Å². The van der Waals surface area contributed by atoms with Crippen LogP contribution in [0.1, 0.15) is 28.1 Å². The summed E-state index contributed by atoms with van der Waals surface area (Å²) >= 11 is 0. The Balaban J connectivity index is 3.17. The first-order valence-corrected chi connectivity index (χ1v) is 5.78. The van der Waals surface area contributed by atoms with Crippen LogP contribution < -0.4 is 5.14 Å². The fourth-order valence-corrected chi connectivity index (χ4v) is 1.64. The molecule has 5 nitrogen and oxygen atoms in total. The number of hydrogen-bond donors (Lipinski definition) is 2. The molecule has 0 fully saturated rings. The lowest BCUT2D eigenvalue weighted by atomic mass is 10.1. The van der Waals surface area contributed by atoms with Crippen LogP contribution in [0, 0.1) is 0 Å². The summed E-state index contributed by atoms with van der Waals surface area (Å²) < 4.78 is 22.1. The van der Waals surface area contributed by atoms with Crippen molar-refractivity contribution in [2.75, 3.05) is 0 Å². The first-order chi connectivity index (χ1) is 6.82. The Morgan fingerprint density at radius 2 is 2.07 bits per heavy atom. The lowest BCUT2D eigenvalue weighted by molar-refractivity contribution is 0.0696. The molecule has 0 spiro atoms. The number of aromatic carboxylic acids is 1. The SMILES string of the molecule is CC(c1cccc(C(=O)O)c1)S(N)(=O)=O. The van der Waals surface area contributed by atoms with Crippen molar-refractivity contribution >= 4 is 16.0 Å². The van der Waals surface area contributed by atoms with Crippen LogP contribution in [0.25, 0.3) is 0 Å². The van der Waals surface area contributed by atoms with Crippen molar-refractivity contribution in [3.8, 4) is 0 Å². The molecule has 1 aromatic carbocycles. The van der Waals surface area contributed by atoms with Crippen molar-refractivity contribution in [1.82, 2.24) is 0 Å². The van der Waals surface area contributed by atoms with Gasteiger partial charge < -0.3 is 5.11 Å². The molecule has 15 heavy (non-hydrogen) atoms. The maximum Gasteiger partial charge on any atom is 0.335 e. The van der Waals surface area contributed by atoms with Crippen molar-refractivity contribution in [3.05, 3.63) is 35.4 Å². The maximum absolute atomic E-state index is 11.0. The van der Waals surface area contributed by atoms with Gasteiger partial charge in [-0.3, -0.25) is 0 Å². The van der Waals surface area contributed by atoms with Crippen LogP contribution in [-0.4, -0.2) is 19.5 Å². The first-order valence-electron chi connectivity index (χ1n) is 4.17. The van der Waals surface area contributed by atoms with Gasteiger partial charge in [0, 0.05) is 0 Å². The normalized spacial score (nSPS) is 13.5. The van der Waals surface area contributed by atoms with Gasteiger partial charge in [0.15, 0.2) is 0 Å². The molecule has 0 amide bonds. The molecule has 0 saturated carbocycles. The van der Waals surface area contributed by atoms with Crippen LogP contribution in [0.15, 0.2) is 24.3 Å². The van der Waals surface area contributed by atoms with Gasteiger partial charge in [-0.25, -0.2) is 18.4 Å². The summed E-state index contributed by atoms with van der Waals surface area (Å²) in [6.45, 7) is 1.41. The third kappa shape index (κ3) is 2.77. The summed E-state index contributed by atoms with van der Waals surface area (Å²) in [5, 5.41) is 12.8. The minimum atomic E-state index is -3.69. The van der Waals surface area contributed by atoms with Crippen LogP contribution in [0.4, 0.5) is 0 Å². The monoisotopic (exact) mass is 229 g/mol. The van der Waals surface area contributed by atoms with Gasteiger partial charge in [0.1, 0.15) is 0 Å². The summed E-state index contributed by atoms with van der Waals surface area (Å²) in [6, 6.07) is 5.71. The molecule has 0 aromatic heterocycles. The Hall–Kier alpha value is -1.40. The van der Waals surface area contributed by atoms with Crippen molar-refractivity contribution < 1.29 is 18.3 Å². The fourth-order valence-electron chi connectivity index (χ4n) is 1.11. The largest absolute Gasteiger partial charge is 0.478 e. The predicted molar refractivity (Wildman–Crippen MR) is 54.9 cm³/mol. The second-order valence-corrected chi connectivity index (χ2v) is 5.05. The average molecular weight is 229 g/mol. The molecule has 0 aliphatic carbocycles. The molecule has 82 valence electrons. The zero-order valence-corrected chi connectivity index (χ0v) is 8.86. The standard InChI is InChI=1S/C9H11NO4S/c1-6(15(10,13)14)7-3-2-4-8(5-7)9(11)12/h2-6H,1H3,(H,11,12)(H2,10,13,14). The number of sulfonamides is 1. The number of carboxylic acids is 1. The van der Waals surface area contributed by atoms with E-state index in [1.807, 2.05) is 0 Å². The van der Waals surface area contributed by atoms with E-state index >= 15 is 0 Å². The van der Waals surface area contributed by atoms with Gasteiger partial charge >= 0.3 is 5.97 Å². The summed E-state index contributed by atoms with van der Waals surface area (Å²) in [5.74, 6) is -1.10. The number of carboxylic acid groups (broad SMARTS) is 1.